The van der Waals surface area contributed by atoms with Gasteiger partial charge in [-0.3, -0.25) is 4.79 Å². The highest BCUT2D eigenvalue weighted by molar-refractivity contribution is 6.09. The van der Waals surface area contributed by atoms with Crippen molar-refractivity contribution >= 4 is 23.3 Å². The number of esters is 1. The number of rotatable bonds is 3. The predicted octanol–water partition coefficient (Wildman–Crippen LogP) is 3.34. The molecule has 1 amide bonds. The van der Waals surface area contributed by atoms with E-state index in [4.69, 9.17) is 0 Å². The number of methoxy groups -OCH3 is 1. The summed E-state index contributed by atoms with van der Waals surface area (Å²) >= 11 is 0. The first-order valence-electron chi connectivity index (χ1n) is 7.77. The molecule has 5 nitrogen and oxygen atoms in total. The van der Waals surface area contributed by atoms with E-state index in [1.54, 1.807) is 18.2 Å². The van der Waals surface area contributed by atoms with Crippen LogP contribution in [0.15, 0.2) is 48.0 Å². The zero-order chi connectivity index (χ0) is 18.8. The van der Waals surface area contributed by atoms with Crippen LogP contribution in [0.1, 0.15) is 17.5 Å². The summed E-state index contributed by atoms with van der Waals surface area (Å²) < 4.78 is 32.2. The van der Waals surface area contributed by atoms with Crippen molar-refractivity contribution in [2.45, 2.75) is 13.0 Å². The van der Waals surface area contributed by atoms with E-state index < -0.39 is 29.9 Å². The quantitative estimate of drug-likeness (QED) is 0.854. The third-order valence-electron chi connectivity index (χ3n) is 4.16. The van der Waals surface area contributed by atoms with E-state index in [0.29, 0.717) is 0 Å². The summed E-state index contributed by atoms with van der Waals surface area (Å²) in [5.41, 5.74) is 0.314. The van der Waals surface area contributed by atoms with Crippen LogP contribution in [0, 0.1) is 11.6 Å². The summed E-state index contributed by atoms with van der Waals surface area (Å²) in [6.45, 7) is -0.249. The number of hydrogen-bond donors (Lipinski definition) is 1. The highest BCUT2D eigenvalue weighted by atomic mass is 19.2. The van der Waals surface area contributed by atoms with Gasteiger partial charge in [0, 0.05) is 11.1 Å². The number of hydrogen-bond acceptors (Lipinski definition) is 4. The van der Waals surface area contributed by atoms with Gasteiger partial charge in [0.15, 0.2) is 11.6 Å². The molecule has 2 aromatic carbocycles. The Morgan fingerprint density at radius 3 is 2.65 bits per heavy atom. The first-order chi connectivity index (χ1) is 12.4. The summed E-state index contributed by atoms with van der Waals surface area (Å²) in [5, 5.41) is 10.5. The maximum atomic E-state index is 14.1. The molecular formula is C19H15F2NO4. The van der Waals surface area contributed by atoms with Gasteiger partial charge in [-0.25, -0.2) is 13.6 Å². The SMILES string of the molecule is COC(=O)C1=C(O)c2ccccc2N(Cc2cccc(F)c2F)C(=O)C1. The lowest BCUT2D eigenvalue weighted by Crippen LogP contribution is -2.31. The van der Waals surface area contributed by atoms with Crippen LogP contribution in [0.5, 0.6) is 0 Å². The Balaban J connectivity index is 2.09. The van der Waals surface area contributed by atoms with Crippen LogP contribution in [-0.4, -0.2) is 24.1 Å². The number of carbonyl (C=O) groups excluding carboxylic acids is 2. The molecule has 0 aliphatic carbocycles. The Hall–Kier alpha value is -3.22. The number of aliphatic hydroxyl groups is 1. The van der Waals surface area contributed by atoms with Crippen LogP contribution >= 0.6 is 0 Å². The van der Waals surface area contributed by atoms with E-state index in [2.05, 4.69) is 4.74 Å². The molecular weight excluding hydrogens is 344 g/mol. The lowest BCUT2D eigenvalue weighted by Gasteiger charge is -2.23. The van der Waals surface area contributed by atoms with Gasteiger partial charge >= 0.3 is 5.97 Å². The average molecular weight is 359 g/mol. The van der Waals surface area contributed by atoms with Crippen molar-refractivity contribution in [2.75, 3.05) is 12.0 Å². The zero-order valence-corrected chi connectivity index (χ0v) is 13.8. The number of amides is 1. The predicted molar refractivity (Wildman–Crippen MR) is 90.2 cm³/mol. The molecule has 0 unspecified atom stereocenters. The molecule has 26 heavy (non-hydrogen) atoms. The second-order valence-electron chi connectivity index (χ2n) is 5.71. The lowest BCUT2D eigenvalue weighted by molar-refractivity contribution is -0.137. The van der Waals surface area contributed by atoms with Crippen LogP contribution in [-0.2, 0) is 20.9 Å². The Labute approximate surface area is 148 Å². The highest BCUT2D eigenvalue weighted by Crippen LogP contribution is 2.34. The van der Waals surface area contributed by atoms with Gasteiger partial charge in [0.1, 0.15) is 5.76 Å². The number of carbonyl (C=O) groups is 2. The molecule has 0 fully saturated rings. The molecule has 1 aliphatic heterocycles. The number of aliphatic hydroxyl groups excluding tert-OH is 1. The summed E-state index contributed by atoms with van der Waals surface area (Å²) in [7, 11) is 1.14. The second kappa shape index (κ2) is 6.95. The molecule has 1 heterocycles. The van der Waals surface area contributed by atoms with Gasteiger partial charge in [0.05, 0.1) is 31.3 Å². The van der Waals surface area contributed by atoms with Crippen LogP contribution in [0.4, 0.5) is 14.5 Å². The van der Waals surface area contributed by atoms with E-state index >= 15 is 0 Å². The third kappa shape index (κ3) is 3.03. The minimum atomic E-state index is -1.05. The molecule has 7 heteroatoms. The Morgan fingerprint density at radius 2 is 1.92 bits per heavy atom. The van der Waals surface area contributed by atoms with E-state index in [-0.39, 0.29) is 34.7 Å². The first kappa shape index (κ1) is 17.6. The molecule has 1 N–H and O–H groups in total. The van der Waals surface area contributed by atoms with Crippen molar-refractivity contribution in [3.63, 3.8) is 0 Å². The number of fused-ring (bicyclic) bond motifs is 1. The monoisotopic (exact) mass is 359 g/mol. The summed E-state index contributed by atoms with van der Waals surface area (Å²) in [6.07, 6.45) is -0.426. The molecule has 0 radical (unpaired) electrons. The van der Waals surface area contributed by atoms with Crippen molar-refractivity contribution in [3.8, 4) is 0 Å². The van der Waals surface area contributed by atoms with E-state index in [1.807, 2.05) is 0 Å². The van der Waals surface area contributed by atoms with Crippen LogP contribution < -0.4 is 4.90 Å². The largest absolute Gasteiger partial charge is 0.507 e. The van der Waals surface area contributed by atoms with E-state index in [9.17, 15) is 23.5 Å². The fraction of sp³-hybridized carbons (Fsp3) is 0.158. The van der Waals surface area contributed by atoms with Gasteiger partial charge in [0.2, 0.25) is 5.91 Å². The smallest absolute Gasteiger partial charge is 0.338 e. The molecule has 0 saturated carbocycles. The van der Waals surface area contributed by atoms with Crippen molar-refractivity contribution in [1.82, 2.24) is 0 Å². The van der Waals surface area contributed by atoms with E-state index in [1.165, 1.54) is 23.1 Å². The normalized spacial score (nSPS) is 14.1. The second-order valence-corrected chi connectivity index (χ2v) is 5.71. The topological polar surface area (TPSA) is 66.8 Å². The Kier molecular flexibility index (Phi) is 4.71. The van der Waals surface area contributed by atoms with Crippen molar-refractivity contribution < 1.29 is 28.2 Å². The number of para-hydroxylation sites is 1. The van der Waals surface area contributed by atoms with Crippen molar-refractivity contribution in [1.29, 1.82) is 0 Å². The average Bonchev–Trinajstić information content (AvgIpc) is 2.75. The van der Waals surface area contributed by atoms with Crippen LogP contribution in [0.3, 0.4) is 0 Å². The number of ether oxygens (including phenoxy) is 1. The molecule has 1 aliphatic rings. The minimum absolute atomic E-state index is 0.0193. The number of halogens is 2. The van der Waals surface area contributed by atoms with Crippen molar-refractivity contribution in [3.05, 3.63) is 70.8 Å². The van der Waals surface area contributed by atoms with Gasteiger partial charge < -0.3 is 14.7 Å². The zero-order valence-electron chi connectivity index (χ0n) is 13.8. The van der Waals surface area contributed by atoms with Gasteiger partial charge in [-0.05, 0) is 18.2 Å². The molecule has 0 atom stereocenters. The third-order valence-corrected chi connectivity index (χ3v) is 4.16. The fourth-order valence-corrected chi connectivity index (χ4v) is 2.84. The van der Waals surface area contributed by atoms with Gasteiger partial charge in [-0.2, -0.15) is 0 Å². The Bertz CT molecular complexity index is 924. The van der Waals surface area contributed by atoms with Crippen LogP contribution in [0.25, 0.3) is 5.76 Å². The minimum Gasteiger partial charge on any atom is -0.507 e. The van der Waals surface area contributed by atoms with Gasteiger partial charge in [-0.15, -0.1) is 0 Å². The lowest BCUT2D eigenvalue weighted by atomic mass is 10.1. The molecule has 2 aromatic rings. The number of benzene rings is 2. The molecule has 3 rings (SSSR count). The number of anilines is 1. The summed E-state index contributed by atoms with van der Waals surface area (Å²) in [6, 6.07) is 10.0. The van der Waals surface area contributed by atoms with Crippen LogP contribution in [0.2, 0.25) is 0 Å². The van der Waals surface area contributed by atoms with Gasteiger partial charge in [0.25, 0.3) is 0 Å². The summed E-state index contributed by atoms with van der Waals surface area (Å²) in [5.74, 6) is -3.82. The first-order valence-corrected chi connectivity index (χ1v) is 7.77. The van der Waals surface area contributed by atoms with Gasteiger partial charge in [-0.1, -0.05) is 24.3 Å². The molecule has 134 valence electrons. The molecule has 0 saturated heterocycles. The fourth-order valence-electron chi connectivity index (χ4n) is 2.84. The number of nitrogens with zero attached hydrogens (tertiary/aromatic N) is 1. The summed E-state index contributed by atoms with van der Waals surface area (Å²) in [4.78, 5) is 25.8. The maximum Gasteiger partial charge on any atom is 0.338 e. The maximum absolute atomic E-state index is 14.1. The Morgan fingerprint density at radius 1 is 1.19 bits per heavy atom. The molecule has 0 aromatic heterocycles. The highest BCUT2D eigenvalue weighted by Gasteiger charge is 2.31. The van der Waals surface area contributed by atoms with Crippen molar-refractivity contribution in [2.24, 2.45) is 0 Å². The molecule has 0 spiro atoms. The standard InChI is InChI=1S/C19H15F2NO4/c1-26-19(25)13-9-16(23)22(10-11-5-4-7-14(20)17(11)21)15-8-3-2-6-12(15)18(13)24/h2-8,24H,9-10H2,1H3. The molecule has 0 bridgehead atoms. The van der Waals surface area contributed by atoms with E-state index in [0.717, 1.165) is 13.2 Å².